The maximum absolute atomic E-state index is 13.3. The largest absolute Gasteiger partial charge is 0.490 e. The summed E-state index contributed by atoms with van der Waals surface area (Å²) in [6.45, 7) is 12.7. The Morgan fingerprint density at radius 2 is 1.88 bits per heavy atom. The fraction of sp³-hybridized carbons (Fsp3) is 0.556. The van der Waals surface area contributed by atoms with Gasteiger partial charge in [-0.2, -0.15) is 4.98 Å². The first kappa shape index (κ1) is 31.0. The standard InChI is InChI=1S/C27H42N8O5/c1-26(2,3)20(36)15-34(12-10-31-27(4,5)6)21(37)16-35-14-19-23(33-25(35)38)32-22-17(8-7-9-18(22)40-19)39-13-11-30-24(28)29/h7-9,14,24,30-31H,10-13,15-16,28-29H2,1-6H3,(H,32,33,38). The molecule has 1 aliphatic rings. The van der Waals surface area contributed by atoms with Gasteiger partial charge in [0.15, 0.2) is 23.1 Å². The van der Waals surface area contributed by atoms with Crippen molar-refractivity contribution in [3.05, 3.63) is 34.9 Å². The molecule has 0 bridgehead atoms. The van der Waals surface area contributed by atoms with Crippen molar-refractivity contribution in [2.45, 2.75) is 59.9 Å². The molecule has 0 saturated heterocycles. The molecule has 0 saturated carbocycles. The van der Waals surface area contributed by atoms with Crippen LogP contribution in [0.3, 0.4) is 0 Å². The number of nitrogens with one attached hydrogen (secondary N) is 3. The van der Waals surface area contributed by atoms with Crippen molar-refractivity contribution in [1.29, 1.82) is 0 Å². The summed E-state index contributed by atoms with van der Waals surface area (Å²) in [6, 6.07) is 5.27. The summed E-state index contributed by atoms with van der Waals surface area (Å²) >= 11 is 0. The predicted molar refractivity (Wildman–Crippen MR) is 153 cm³/mol. The molecule has 0 radical (unpaired) electrons. The number of ether oxygens (including phenoxy) is 2. The molecule has 13 heteroatoms. The molecular formula is C27H42N8O5. The predicted octanol–water partition coefficient (Wildman–Crippen LogP) is 1.09. The number of Topliss-reactive ketones (excluding diaryl/α,β-unsaturated/α-hetero) is 1. The van der Waals surface area contributed by atoms with Crippen molar-refractivity contribution in [3.8, 4) is 17.2 Å². The number of carbonyl (C=O) groups is 2. The summed E-state index contributed by atoms with van der Waals surface area (Å²) in [5, 5.41) is 9.28. The SMILES string of the molecule is CC(C)(C)NCCN(CC(=O)C(C)(C)C)C(=O)Cn1cc2c(nc1=O)Nc1c(OCCNC(N)N)cccc1O2. The van der Waals surface area contributed by atoms with Crippen LogP contribution in [0.4, 0.5) is 11.5 Å². The van der Waals surface area contributed by atoms with Crippen molar-refractivity contribution < 1.29 is 19.1 Å². The molecule has 1 aliphatic heterocycles. The summed E-state index contributed by atoms with van der Waals surface area (Å²) in [4.78, 5) is 44.6. The fourth-order valence-corrected chi connectivity index (χ4v) is 3.73. The number of nitrogens with zero attached hydrogens (tertiary/aromatic N) is 3. The van der Waals surface area contributed by atoms with E-state index in [1.54, 1.807) is 18.2 Å². The summed E-state index contributed by atoms with van der Waals surface area (Å²) in [7, 11) is 0. The lowest BCUT2D eigenvalue weighted by Crippen LogP contribution is -2.47. The van der Waals surface area contributed by atoms with Gasteiger partial charge in [0, 0.05) is 30.6 Å². The van der Waals surface area contributed by atoms with Gasteiger partial charge < -0.3 is 36.5 Å². The third kappa shape index (κ3) is 8.74. The second-order valence-electron chi connectivity index (χ2n) is 11.7. The first-order chi connectivity index (χ1) is 18.6. The molecule has 0 atom stereocenters. The Labute approximate surface area is 234 Å². The van der Waals surface area contributed by atoms with E-state index in [1.165, 1.54) is 15.7 Å². The highest BCUT2D eigenvalue weighted by Gasteiger charge is 2.28. The second-order valence-corrected chi connectivity index (χ2v) is 11.7. The maximum Gasteiger partial charge on any atom is 0.350 e. The molecule has 0 aliphatic carbocycles. The number of anilines is 2. The van der Waals surface area contributed by atoms with Crippen LogP contribution in [0.1, 0.15) is 41.5 Å². The molecule has 3 rings (SSSR count). The van der Waals surface area contributed by atoms with Gasteiger partial charge in [-0.3, -0.25) is 19.5 Å². The van der Waals surface area contributed by atoms with Crippen LogP contribution in [0.15, 0.2) is 29.2 Å². The minimum atomic E-state index is -0.647. The van der Waals surface area contributed by atoms with Gasteiger partial charge in [-0.05, 0) is 32.9 Å². The number of aromatic nitrogens is 2. The number of carbonyl (C=O) groups excluding carboxylic acids is 2. The maximum atomic E-state index is 13.3. The van der Waals surface area contributed by atoms with Crippen LogP contribution >= 0.6 is 0 Å². The molecular weight excluding hydrogens is 516 g/mol. The van der Waals surface area contributed by atoms with Gasteiger partial charge in [0.25, 0.3) is 0 Å². The number of amides is 1. The number of para-hydroxylation sites is 1. The molecule has 1 amide bonds. The Morgan fingerprint density at radius 1 is 1.15 bits per heavy atom. The van der Waals surface area contributed by atoms with E-state index in [2.05, 4.69) is 20.9 Å². The first-order valence-corrected chi connectivity index (χ1v) is 13.3. The topological polar surface area (TPSA) is 179 Å². The van der Waals surface area contributed by atoms with Crippen molar-refractivity contribution >= 4 is 23.2 Å². The van der Waals surface area contributed by atoms with Gasteiger partial charge in [0.2, 0.25) is 5.91 Å². The van der Waals surface area contributed by atoms with Gasteiger partial charge in [0.1, 0.15) is 30.9 Å². The van der Waals surface area contributed by atoms with Crippen molar-refractivity contribution in [2.75, 3.05) is 38.1 Å². The van der Waals surface area contributed by atoms with E-state index in [9.17, 15) is 14.4 Å². The summed E-state index contributed by atoms with van der Waals surface area (Å²) in [5.74, 6) is 1.00. The van der Waals surface area contributed by atoms with Gasteiger partial charge in [-0.1, -0.05) is 26.8 Å². The van der Waals surface area contributed by atoms with Crippen molar-refractivity contribution in [1.82, 2.24) is 25.1 Å². The molecule has 220 valence electrons. The van der Waals surface area contributed by atoms with Gasteiger partial charge in [-0.15, -0.1) is 0 Å². The van der Waals surface area contributed by atoms with Gasteiger partial charge >= 0.3 is 5.69 Å². The van der Waals surface area contributed by atoms with Crippen LogP contribution in [-0.4, -0.2) is 70.8 Å². The number of rotatable bonds is 12. The van der Waals surface area contributed by atoms with Crippen LogP contribution in [0.25, 0.3) is 0 Å². The van der Waals surface area contributed by atoms with Gasteiger partial charge in [-0.25, -0.2) is 4.79 Å². The molecule has 0 fully saturated rings. The molecule has 40 heavy (non-hydrogen) atoms. The lowest BCUT2D eigenvalue weighted by Gasteiger charge is -2.28. The quantitative estimate of drug-likeness (QED) is 0.159. The normalized spacial score (nSPS) is 12.7. The third-order valence-electron chi connectivity index (χ3n) is 6.02. The van der Waals surface area contributed by atoms with Gasteiger partial charge in [0.05, 0.1) is 12.7 Å². The Kier molecular flexibility index (Phi) is 9.90. The zero-order valence-corrected chi connectivity index (χ0v) is 24.2. The lowest BCUT2D eigenvalue weighted by atomic mass is 9.90. The highest BCUT2D eigenvalue weighted by Crippen LogP contribution is 2.44. The van der Waals surface area contributed by atoms with Crippen LogP contribution in [0, 0.1) is 5.41 Å². The van der Waals surface area contributed by atoms with E-state index in [1.807, 2.05) is 41.5 Å². The lowest BCUT2D eigenvalue weighted by molar-refractivity contribution is -0.138. The number of hydrogen-bond acceptors (Lipinski definition) is 11. The monoisotopic (exact) mass is 558 g/mol. The van der Waals surface area contributed by atoms with E-state index >= 15 is 0 Å². The summed E-state index contributed by atoms with van der Waals surface area (Å²) < 4.78 is 13.0. The average molecular weight is 559 g/mol. The van der Waals surface area contributed by atoms with Crippen LogP contribution in [0.2, 0.25) is 0 Å². The van der Waals surface area contributed by atoms with E-state index in [0.29, 0.717) is 43.4 Å². The third-order valence-corrected chi connectivity index (χ3v) is 6.02. The highest BCUT2D eigenvalue weighted by atomic mass is 16.5. The zero-order valence-electron chi connectivity index (χ0n) is 24.2. The molecule has 13 nitrogen and oxygen atoms in total. The molecule has 0 spiro atoms. The number of ketones is 1. The molecule has 0 unspecified atom stereocenters. The second kappa shape index (κ2) is 12.8. The van der Waals surface area contributed by atoms with Crippen molar-refractivity contribution in [2.24, 2.45) is 16.9 Å². The van der Waals surface area contributed by atoms with Crippen molar-refractivity contribution in [3.63, 3.8) is 0 Å². The van der Waals surface area contributed by atoms with Crippen LogP contribution < -0.4 is 42.6 Å². The highest BCUT2D eigenvalue weighted by molar-refractivity contribution is 5.89. The Balaban J connectivity index is 1.76. The Morgan fingerprint density at radius 3 is 2.52 bits per heavy atom. The minimum Gasteiger partial charge on any atom is -0.490 e. The number of hydrogen-bond donors (Lipinski definition) is 5. The summed E-state index contributed by atoms with van der Waals surface area (Å²) in [6.07, 6.45) is 0.793. The van der Waals surface area contributed by atoms with E-state index in [0.717, 1.165) is 0 Å². The molecule has 1 aromatic carbocycles. The summed E-state index contributed by atoms with van der Waals surface area (Å²) in [5.41, 5.74) is 10.1. The first-order valence-electron chi connectivity index (χ1n) is 13.3. The Hall–Kier alpha value is -3.52. The molecule has 2 aromatic rings. The van der Waals surface area contributed by atoms with E-state index in [-0.39, 0.29) is 41.9 Å². The Bertz CT molecular complexity index is 1260. The van der Waals surface area contributed by atoms with E-state index < -0.39 is 17.4 Å². The molecule has 7 N–H and O–H groups in total. The zero-order chi connectivity index (χ0) is 29.7. The number of fused-ring (bicyclic) bond motifs is 2. The molecule has 2 heterocycles. The van der Waals surface area contributed by atoms with Crippen LogP contribution in [0.5, 0.6) is 17.2 Å². The smallest absolute Gasteiger partial charge is 0.350 e. The number of nitrogens with two attached hydrogens (primary N) is 2. The van der Waals surface area contributed by atoms with E-state index in [4.69, 9.17) is 20.9 Å². The average Bonchev–Trinajstić information content (AvgIpc) is 2.84. The fourth-order valence-electron chi connectivity index (χ4n) is 3.73. The minimum absolute atomic E-state index is 0.0534. The number of benzene rings is 1. The van der Waals surface area contributed by atoms with Crippen LogP contribution in [-0.2, 0) is 16.1 Å². The molecule has 1 aromatic heterocycles.